The summed E-state index contributed by atoms with van der Waals surface area (Å²) in [5, 5.41) is 10.9. The molecule has 1 aliphatic rings. The number of non-ortho nitro benzene ring substituents is 1. The molecule has 1 aromatic carbocycles. The van der Waals surface area contributed by atoms with Crippen molar-refractivity contribution in [1.82, 2.24) is 9.97 Å². The van der Waals surface area contributed by atoms with Gasteiger partial charge in [0.25, 0.3) is 5.69 Å². The Bertz CT molecular complexity index is 715. The summed E-state index contributed by atoms with van der Waals surface area (Å²) in [4.78, 5) is 19.5. The molecule has 1 heterocycles. The summed E-state index contributed by atoms with van der Waals surface area (Å²) in [6.07, 6.45) is 4.61. The van der Waals surface area contributed by atoms with Crippen LogP contribution in [0.4, 0.5) is 5.69 Å². The van der Waals surface area contributed by atoms with E-state index in [9.17, 15) is 10.1 Å². The van der Waals surface area contributed by atoms with Gasteiger partial charge < -0.3 is 5.73 Å². The van der Waals surface area contributed by atoms with Crippen LogP contribution >= 0.6 is 0 Å². The molecule has 0 bridgehead atoms. The number of rotatable bonds is 2. The van der Waals surface area contributed by atoms with Gasteiger partial charge in [0.2, 0.25) is 0 Å². The lowest BCUT2D eigenvalue weighted by Gasteiger charge is -2.21. The largest absolute Gasteiger partial charge is 0.324 e. The van der Waals surface area contributed by atoms with Crippen molar-refractivity contribution in [1.29, 1.82) is 0 Å². The summed E-state index contributed by atoms with van der Waals surface area (Å²) in [6.45, 7) is 1.90. The quantitative estimate of drug-likeness (QED) is 0.675. The van der Waals surface area contributed by atoms with Gasteiger partial charge in [-0.3, -0.25) is 10.1 Å². The molecule has 3 rings (SSSR count). The van der Waals surface area contributed by atoms with Crippen LogP contribution in [0.3, 0.4) is 0 Å². The van der Waals surface area contributed by atoms with Crippen LogP contribution < -0.4 is 5.73 Å². The van der Waals surface area contributed by atoms with Crippen LogP contribution in [0.1, 0.15) is 35.7 Å². The highest BCUT2D eigenvalue weighted by atomic mass is 16.6. The Morgan fingerprint density at radius 2 is 2.24 bits per heavy atom. The smallest absolute Gasteiger partial charge is 0.270 e. The van der Waals surface area contributed by atoms with Crippen LogP contribution in [-0.2, 0) is 6.42 Å². The van der Waals surface area contributed by atoms with Gasteiger partial charge in [-0.2, -0.15) is 0 Å². The predicted octanol–water partition coefficient (Wildman–Crippen LogP) is 2.70. The van der Waals surface area contributed by atoms with Crippen LogP contribution in [-0.4, -0.2) is 14.9 Å². The van der Waals surface area contributed by atoms with E-state index in [0.29, 0.717) is 11.4 Å². The van der Waals surface area contributed by atoms with Crippen LogP contribution in [0.15, 0.2) is 24.4 Å². The number of aryl methyl sites for hydroxylation is 2. The summed E-state index contributed by atoms with van der Waals surface area (Å²) in [6, 6.07) is 4.74. The minimum atomic E-state index is -0.405. The molecule has 0 saturated heterocycles. The summed E-state index contributed by atoms with van der Waals surface area (Å²) in [7, 11) is 0. The highest BCUT2D eigenvalue weighted by Gasteiger charge is 2.20. The number of nitro benzene ring substituents is 1. The monoisotopic (exact) mass is 284 g/mol. The highest BCUT2D eigenvalue weighted by molar-refractivity contribution is 5.64. The first kappa shape index (κ1) is 13.6. The van der Waals surface area contributed by atoms with E-state index in [2.05, 4.69) is 9.97 Å². The van der Waals surface area contributed by atoms with Crippen molar-refractivity contribution in [3.63, 3.8) is 0 Å². The van der Waals surface area contributed by atoms with E-state index < -0.39 is 4.92 Å². The third-order valence-corrected chi connectivity index (χ3v) is 3.90. The van der Waals surface area contributed by atoms with Crippen LogP contribution in [0, 0.1) is 17.0 Å². The van der Waals surface area contributed by atoms with E-state index in [0.717, 1.165) is 36.1 Å². The molecule has 1 unspecified atom stereocenters. The van der Waals surface area contributed by atoms with Gasteiger partial charge in [0, 0.05) is 41.2 Å². The zero-order valence-electron chi connectivity index (χ0n) is 11.7. The number of fused-ring (bicyclic) bond motifs is 1. The molecule has 2 aromatic rings. The summed E-state index contributed by atoms with van der Waals surface area (Å²) in [5.41, 5.74) is 9.68. The zero-order chi connectivity index (χ0) is 15.0. The van der Waals surface area contributed by atoms with Crippen molar-refractivity contribution in [3.05, 3.63) is 51.3 Å². The molecule has 2 N–H and O–H groups in total. The lowest BCUT2D eigenvalue weighted by atomic mass is 9.93. The Kier molecular flexibility index (Phi) is 3.39. The molecular formula is C15H16N4O2. The normalized spacial score (nSPS) is 17.3. The summed E-state index contributed by atoms with van der Waals surface area (Å²) in [5.74, 6) is 0.532. The highest BCUT2D eigenvalue weighted by Crippen LogP contribution is 2.30. The molecule has 6 heteroatoms. The average molecular weight is 284 g/mol. The maximum absolute atomic E-state index is 10.9. The van der Waals surface area contributed by atoms with E-state index in [1.807, 2.05) is 6.92 Å². The van der Waals surface area contributed by atoms with E-state index in [1.165, 1.54) is 12.1 Å². The van der Waals surface area contributed by atoms with Crippen molar-refractivity contribution in [2.75, 3.05) is 0 Å². The van der Waals surface area contributed by atoms with E-state index >= 15 is 0 Å². The molecule has 0 fully saturated rings. The number of nitro groups is 1. The predicted molar refractivity (Wildman–Crippen MR) is 78.7 cm³/mol. The first-order chi connectivity index (χ1) is 10.1. The van der Waals surface area contributed by atoms with Gasteiger partial charge >= 0.3 is 0 Å². The molecule has 1 aromatic heterocycles. The van der Waals surface area contributed by atoms with Crippen molar-refractivity contribution in [3.8, 4) is 11.4 Å². The molecule has 0 aliphatic heterocycles. The van der Waals surface area contributed by atoms with Gasteiger partial charge in [-0.25, -0.2) is 9.97 Å². The second-order valence-corrected chi connectivity index (χ2v) is 5.35. The molecule has 1 aliphatic carbocycles. The Hall–Kier alpha value is -2.34. The van der Waals surface area contributed by atoms with Crippen LogP contribution in [0.25, 0.3) is 11.4 Å². The first-order valence-electron chi connectivity index (χ1n) is 6.93. The number of nitrogens with zero attached hydrogens (tertiary/aromatic N) is 3. The molecule has 0 saturated carbocycles. The molecule has 6 nitrogen and oxygen atoms in total. The SMILES string of the molecule is Cc1ccc([N+](=O)[O-])cc1-c1ncc2c(n1)CCCC2N. The number of hydrogen-bond donors (Lipinski definition) is 1. The fourth-order valence-electron chi connectivity index (χ4n) is 2.68. The minimum Gasteiger partial charge on any atom is -0.324 e. The lowest BCUT2D eigenvalue weighted by molar-refractivity contribution is -0.384. The second kappa shape index (κ2) is 5.21. The van der Waals surface area contributed by atoms with E-state index in [1.54, 1.807) is 12.3 Å². The van der Waals surface area contributed by atoms with Gasteiger partial charge in [0.05, 0.1) is 4.92 Å². The number of benzene rings is 1. The number of nitrogens with two attached hydrogens (primary N) is 1. The molecular weight excluding hydrogens is 268 g/mol. The Balaban J connectivity index is 2.09. The topological polar surface area (TPSA) is 94.9 Å². The van der Waals surface area contributed by atoms with Gasteiger partial charge in [0.15, 0.2) is 5.82 Å². The van der Waals surface area contributed by atoms with Gasteiger partial charge in [0.1, 0.15) is 0 Å². The molecule has 108 valence electrons. The molecule has 0 spiro atoms. The second-order valence-electron chi connectivity index (χ2n) is 5.35. The lowest BCUT2D eigenvalue weighted by Crippen LogP contribution is -2.19. The molecule has 21 heavy (non-hydrogen) atoms. The van der Waals surface area contributed by atoms with Crippen LogP contribution in [0.2, 0.25) is 0 Å². The maximum atomic E-state index is 10.9. The fourth-order valence-corrected chi connectivity index (χ4v) is 2.68. The average Bonchev–Trinajstić information content (AvgIpc) is 2.47. The van der Waals surface area contributed by atoms with Crippen molar-refractivity contribution in [2.45, 2.75) is 32.2 Å². The van der Waals surface area contributed by atoms with Crippen molar-refractivity contribution < 1.29 is 4.92 Å². The standard InChI is InChI=1S/C15H16N4O2/c1-9-5-6-10(19(20)21)7-11(9)15-17-8-12-13(16)3-2-4-14(12)18-15/h5-8,13H,2-4,16H2,1H3. The zero-order valence-corrected chi connectivity index (χ0v) is 11.7. The Morgan fingerprint density at radius 3 is 3.00 bits per heavy atom. The molecule has 0 amide bonds. The Morgan fingerprint density at radius 1 is 1.43 bits per heavy atom. The van der Waals surface area contributed by atoms with E-state index in [-0.39, 0.29) is 11.7 Å². The summed E-state index contributed by atoms with van der Waals surface area (Å²) < 4.78 is 0. The Labute approximate surface area is 122 Å². The number of hydrogen-bond acceptors (Lipinski definition) is 5. The van der Waals surface area contributed by atoms with Gasteiger partial charge in [-0.15, -0.1) is 0 Å². The van der Waals surface area contributed by atoms with Crippen LogP contribution in [0.5, 0.6) is 0 Å². The summed E-state index contributed by atoms with van der Waals surface area (Å²) >= 11 is 0. The van der Waals surface area contributed by atoms with E-state index in [4.69, 9.17) is 5.73 Å². The molecule has 1 atom stereocenters. The number of aromatic nitrogens is 2. The first-order valence-corrected chi connectivity index (χ1v) is 6.93. The minimum absolute atomic E-state index is 0.00555. The van der Waals surface area contributed by atoms with Gasteiger partial charge in [-0.1, -0.05) is 6.07 Å². The van der Waals surface area contributed by atoms with Crippen molar-refractivity contribution in [2.24, 2.45) is 5.73 Å². The molecule has 0 radical (unpaired) electrons. The fraction of sp³-hybridized carbons (Fsp3) is 0.333. The van der Waals surface area contributed by atoms with Crippen molar-refractivity contribution >= 4 is 5.69 Å². The third-order valence-electron chi connectivity index (χ3n) is 3.90. The van der Waals surface area contributed by atoms with Gasteiger partial charge in [-0.05, 0) is 31.7 Å². The third kappa shape index (κ3) is 2.50. The maximum Gasteiger partial charge on any atom is 0.270 e.